The highest BCUT2D eigenvalue weighted by molar-refractivity contribution is 5.95. The largest absolute Gasteiger partial charge is 0.399 e. The zero-order valence-corrected chi connectivity index (χ0v) is 10.5. The molecule has 0 fully saturated rings. The van der Waals surface area contributed by atoms with Crippen LogP contribution < -0.4 is 11.1 Å². The van der Waals surface area contributed by atoms with Gasteiger partial charge in [0, 0.05) is 17.3 Å². The lowest BCUT2D eigenvalue weighted by Crippen LogP contribution is -2.34. The van der Waals surface area contributed by atoms with Crippen LogP contribution in [0.4, 0.5) is 5.69 Å². The third-order valence-electron chi connectivity index (χ3n) is 2.60. The highest BCUT2D eigenvalue weighted by atomic mass is 16.3. The van der Waals surface area contributed by atoms with Crippen molar-refractivity contribution in [2.75, 3.05) is 5.73 Å². The predicted molar refractivity (Wildman–Crippen MR) is 68.8 cm³/mol. The lowest BCUT2D eigenvalue weighted by Gasteiger charge is -2.15. The van der Waals surface area contributed by atoms with E-state index in [9.17, 15) is 9.90 Å². The molecule has 17 heavy (non-hydrogen) atoms. The van der Waals surface area contributed by atoms with Crippen LogP contribution in [0.5, 0.6) is 0 Å². The molecule has 0 spiro atoms. The first kappa shape index (κ1) is 13.5. The molecule has 0 radical (unpaired) electrons. The van der Waals surface area contributed by atoms with Crippen molar-refractivity contribution in [3.63, 3.8) is 0 Å². The van der Waals surface area contributed by atoms with Gasteiger partial charge in [0.1, 0.15) is 0 Å². The molecule has 94 valence electrons. The Morgan fingerprint density at radius 1 is 1.47 bits per heavy atom. The van der Waals surface area contributed by atoms with Crippen LogP contribution in [0.25, 0.3) is 0 Å². The van der Waals surface area contributed by atoms with Crippen molar-refractivity contribution in [3.05, 3.63) is 29.3 Å². The maximum Gasteiger partial charge on any atom is 0.251 e. The summed E-state index contributed by atoms with van der Waals surface area (Å²) in [5.74, 6) is -0.138. The Hall–Kier alpha value is -1.55. The third-order valence-corrected chi connectivity index (χ3v) is 2.60. The van der Waals surface area contributed by atoms with Crippen molar-refractivity contribution >= 4 is 11.6 Å². The molecule has 0 aliphatic carbocycles. The Morgan fingerprint density at radius 3 is 2.65 bits per heavy atom. The molecular formula is C13H20N2O2. The number of hydrogen-bond donors (Lipinski definition) is 3. The van der Waals surface area contributed by atoms with Crippen molar-refractivity contribution in [1.29, 1.82) is 0 Å². The van der Waals surface area contributed by atoms with Gasteiger partial charge in [0.15, 0.2) is 0 Å². The van der Waals surface area contributed by atoms with Gasteiger partial charge in [-0.05, 0) is 51.0 Å². The number of aliphatic hydroxyl groups excluding tert-OH is 1. The molecule has 1 rings (SSSR count). The second-order valence-corrected chi connectivity index (χ2v) is 4.53. The Labute approximate surface area is 102 Å². The number of nitrogens with one attached hydrogen (secondary N) is 1. The van der Waals surface area contributed by atoms with E-state index in [1.165, 1.54) is 0 Å². The minimum Gasteiger partial charge on any atom is -0.399 e. The molecule has 0 aliphatic heterocycles. The van der Waals surface area contributed by atoms with E-state index >= 15 is 0 Å². The molecule has 0 saturated carbocycles. The van der Waals surface area contributed by atoms with Gasteiger partial charge in [0.2, 0.25) is 0 Å². The van der Waals surface area contributed by atoms with E-state index in [1.807, 2.05) is 13.8 Å². The Bertz CT molecular complexity index is 402. The first-order valence-electron chi connectivity index (χ1n) is 5.75. The van der Waals surface area contributed by atoms with E-state index < -0.39 is 6.10 Å². The second-order valence-electron chi connectivity index (χ2n) is 4.53. The van der Waals surface area contributed by atoms with Crippen LogP contribution >= 0.6 is 0 Å². The van der Waals surface area contributed by atoms with Crippen LogP contribution in [0.2, 0.25) is 0 Å². The molecule has 4 nitrogen and oxygen atoms in total. The van der Waals surface area contributed by atoms with E-state index in [0.717, 1.165) is 5.56 Å². The number of nitrogens with two attached hydrogens (primary N) is 1. The topological polar surface area (TPSA) is 75.3 Å². The molecule has 1 amide bonds. The fourth-order valence-corrected chi connectivity index (χ4v) is 1.69. The van der Waals surface area contributed by atoms with Crippen LogP contribution in [0, 0.1) is 6.92 Å². The van der Waals surface area contributed by atoms with Gasteiger partial charge < -0.3 is 16.2 Å². The smallest absolute Gasteiger partial charge is 0.251 e. The van der Waals surface area contributed by atoms with E-state index in [4.69, 9.17) is 5.73 Å². The summed E-state index contributed by atoms with van der Waals surface area (Å²) in [6.07, 6.45) is 0.123. The van der Waals surface area contributed by atoms with Crippen LogP contribution in [-0.4, -0.2) is 23.2 Å². The molecule has 4 heteroatoms. The standard InChI is InChI=1S/C13H20N2O2/c1-8-6-11(4-5-12(8)14)13(17)15-9(2)7-10(3)16/h4-6,9-10,16H,7,14H2,1-3H3,(H,15,17). The third kappa shape index (κ3) is 4.07. The molecule has 0 saturated heterocycles. The lowest BCUT2D eigenvalue weighted by atomic mass is 10.1. The molecule has 1 aromatic rings. The summed E-state index contributed by atoms with van der Waals surface area (Å²) < 4.78 is 0. The van der Waals surface area contributed by atoms with Gasteiger partial charge in [-0.1, -0.05) is 0 Å². The molecule has 0 heterocycles. The number of anilines is 1. The normalized spacial score (nSPS) is 14.1. The van der Waals surface area contributed by atoms with E-state index in [2.05, 4.69) is 5.32 Å². The van der Waals surface area contributed by atoms with Crippen LogP contribution in [0.3, 0.4) is 0 Å². The molecule has 1 aromatic carbocycles. The fraction of sp³-hybridized carbons (Fsp3) is 0.462. The minimum atomic E-state index is -0.418. The van der Waals surface area contributed by atoms with E-state index in [1.54, 1.807) is 25.1 Å². The zero-order valence-electron chi connectivity index (χ0n) is 10.5. The number of carbonyl (C=O) groups is 1. The molecule has 0 aliphatic rings. The number of rotatable bonds is 4. The maximum absolute atomic E-state index is 11.9. The van der Waals surface area contributed by atoms with Gasteiger partial charge in [0.05, 0.1) is 6.10 Å². The summed E-state index contributed by atoms with van der Waals surface area (Å²) in [5, 5.41) is 12.1. The molecule has 2 unspecified atom stereocenters. The van der Waals surface area contributed by atoms with Gasteiger partial charge >= 0.3 is 0 Å². The minimum absolute atomic E-state index is 0.0552. The average Bonchev–Trinajstić information content (AvgIpc) is 2.20. The van der Waals surface area contributed by atoms with Gasteiger partial charge in [-0.25, -0.2) is 0 Å². The Balaban J connectivity index is 2.66. The molecule has 0 bridgehead atoms. The van der Waals surface area contributed by atoms with Crippen molar-refractivity contribution < 1.29 is 9.90 Å². The summed E-state index contributed by atoms with van der Waals surface area (Å²) in [6, 6.07) is 5.14. The number of hydrogen-bond acceptors (Lipinski definition) is 3. The summed E-state index contributed by atoms with van der Waals surface area (Å²) in [7, 11) is 0. The van der Waals surface area contributed by atoms with Crippen molar-refractivity contribution in [1.82, 2.24) is 5.32 Å². The van der Waals surface area contributed by atoms with E-state index in [0.29, 0.717) is 17.7 Å². The SMILES string of the molecule is Cc1cc(C(=O)NC(C)CC(C)O)ccc1N. The Kier molecular flexibility index (Phi) is 4.52. The lowest BCUT2D eigenvalue weighted by molar-refractivity contribution is 0.0923. The van der Waals surface area contributed by atoms with Crippen molar-refractivity contribution in [3.8, 4) is 0 Å². The number of aliphatic hydroxyl groups is 1. The summed E-state index contributed by atoms with van der Waals surface area (Å²) in [4.78, 5) is 11.9. The van der Waals surface area contributed by atoms with Gasteiger partial charge in [0.25, 0.3) is 5.91 Å². The fourth-order valence-electron chi connectivity index (χ4n) is 1.69. The van der Waals surface area contributed by atoms with Gasteiger partial charge in [-0.15, -0.1) is 0 Å². The maximum atomic E-state index is 11.9. The highest BCUT2D eigenvalue weighted by Crippen LogP contribution is 2.12. The molecule has 0 aromatic heterocycles. The predicted octanol–water partition coefficient (Wildman–Crippen LogP) is 1.47. The van der Waals surface area contributed by atoms with Crippen LogP contribution in [0.1, 0.15) is 36.2 Å². The number of nitrogen functional groups attached to an aromatic ring is 1. The highest BCUT2D eigenvalue weighted by Gasteiger charge is 2.12. The number of aryl methyl sites for hydroxylation is 1. The summed E-state index contributed by atoms with van der Waals surface area (Å²) >= 11 is 0. The summed E-state index contributed by atoms with van der Waals surface area (Å²) in [6.45, 7) is 5.44. The van der Waals surface area contributed by atoms with E-state index in [-0.39, 0.29) is 11.9 Å². The Morgan fingerprint density at radius 2 is 2.12 bits per heavy atom. The van der Waals surface area contributed by atoms with Crippen LogP contribution in [0.15, 0.2) is 18.2 Å². The molecular weight excluding hydrogens is 216 g/mol. The molecule has 2 atom stereocenters. The number of amides is 1. The quantitative estimate of drug-likeness (QED) is 0.693. The second kappa shape index (κ2) is 5.68. The first-order valence-corrected chi connectivity index (χ1v) is 5.75. The average molecular weight is 236 g/mol. The van der Waals surface area contributed by atoms with Crippen molar-refractivity contribution in [2.24, 2.45) is 0 Å². The number of carbonyl (C=O) groups excluding carboxylic acids is 1. The van der Waals surface area contributed by atoms with Gasteiger partial charge in [-0.3, -0.25) is 4.79 Å². The van der Waals surface area contributed by atoms with Crippen LogP contribution in [-0.2, 0) is 0 Å². The zero-order chi connectivity index (χ0) is 13.0. The monoisotopic (exact) mass is 236 g/mol. The summed E-state index contributed by atoms with van der Waals surface area (Å²) in [5.41, 5.74) is 7.85. The van der Waals surface area contributed by atoms with Crippen molar-refractivity contribution in [2.45, 2.75) is 39.3 Å². The number of benzene rings is 1. The first-order chi connectivity index (χ1) is 7.90. The molecule has 4 N–H and O–H groups in total. The van der Waals surface area contributed by atoms with Gasteiger partial charge in [-0.2, -0.15) is 0 Å².